The Kier molecular flexibility index (Phi) is 6.36. The highest BCUT2D eigenvalue weighted by Gasteiger charge is 2.33. The van der Waals surface area contributed by atoms with Crippen molar-refractivity contribution in [1.29, 1.82) is 0 Å². The highest BCUT2D eigenvalue weighted by atomic mass is 16.5. The SMILES string of the molecule is COCC[C@H](NC(C)=O)C(=O)N1CCC[C@@H]1Cn1nc(C)cc1C. The normalized spacial score (nSPS) is 18.7. The first kappa shape index (κ1) is 18.4. The molecule has 1 fully saturated rings. The van der Waals surface area contributed by atoms with Crippen LogP contribution in [0.1, 0.15) is 37.6 Å². The van der Waals surface area contributed by atoms with Gasteiger partial charge in [-0.3, -0.25) is 14.3 Å². The molecule has 0 radical (unpaired) electrons. The molecule has 1 saturated heterocycles. The molecular formula is C17H28N4O3. The van der Waals surface area contributed by atoms with E-state index in [2.05, 4.69) is 10.4 Å². The van der Waals surface area contributed by atoms with Gasteiger partial charge in [-0.25, -0.2) is 0 Å². The summed E-state index contributed by atoms with van der Waals surface area (Å²) in [4.78, 5) is 26.2. The van der Waals surface area contributed by atoms with Crippen molar-refractivity contribution in [2.75, 3.05) is 20.3 Å². The lowest BCUT2D eigenvalue weighted by Crippen LogP contribution is -2.50. The molecule has 0 unspecified atom stereocenters. The molecule has 0 saturated carbocycles. The largest absolute Gasteiger partial charge is 0.385 e. The van der Waals surface area contributed by atoms with Crippen molar-refractivity contribution in [2.24, 2.45) is 0 Å². The fourth-order valence-electron chi connectivity index (χ4n) is 3.31. The zero-order valence-corrected chi connectivity index (χ0v) is 15.0. The number of carbonyl (C=O) groups is 2. The minimum Gasteiger partial charge on any atom is -0.385 e. The molecule has 1 aromatic heterocycles. The van der Waals surface area contributed by atoms with Gasteiger partial charge in [-0.1, -0.05) is 0 Å². The lowest BCUT2D eigenvalue weighted by Gasteiger charge is -2.29. The van der Waals surface area contributed by atoms with Gasteiger partial charge in [0.1, 0.15) is 6.04 Å². The quantitative estimate of drug-likeness (QED) is 0.807. The highest BCUT2D eigenvalue weighted by Crippen LogP contribution is 2.21. The van der Waals surface area contributed by atoms with Crippen LogP contribution < -0.4 is 5.32 Å². The molecule has 2 heterocycles. The van der Waals surface area contributed by atoms with E-state index in [0.29, 0.717) is 19.6 Å². The maximum Gasteiger partial charge on any atom is 0.245 e. The number of likely N-dealkylation sites (tertiary alicyclic amines) is 1. The predicted molar refractivity (Wildman–Crippen MR) is 90.5 cm³/mol. The Balaban J connectivity index is 2.07. The van der Waals surface area contributed by atoms with Crippen LogP contribution >= 0.6 is 0 Å². The lowest BCUT2D eigenvalue weighted by molar-refractivity contribution is -0.137. The zero-order valence-electron chi connectivity index (χ0n) is 15.0. The number of carbonyl (C=O) groups excluding carboxylic acids is 2. The molecule has 2 amide bonds. The first-order chi connectivity index (χ1) is 11.4. The minimum atomic E-state index is -0.525. The summed E-state index contributed by atoms with van der Waals surface area (Å²) in [5.41, 5.74) is 2.09. The van der Waals surface area contributed by atoms with Crippen molar-refractivity contribution in [3.63, 3.8) is 0 Å². The van der Waals surface area contributed by atoms with Crippen molar-refractivity contribution in [1.82, 2.24) is 20.0 Å². The first-order valence-corrected chi connectivity index (χ1v) is 8.50. The number of methoxy groups -OCH3 is 1. The van der Waals surface area contributed by atoms with Crippen molar-refractivity contribution >= 4 is 11.8 Å². The van der Waals surface area contributed by atoms with Crippen LogP contribution in [0, 0.1) is 13.8 Å². The summed E-state index contributed by atoms with van der Waals surface area (Å²) in [6.07, 6.45) is 2.42. The van der Waals surface area contributed by atoms with E-state index < -0.39 is 6.04 Å². The number of hydrogen-bond donors (Lipinski definition) is 1. The second-order valence-corrected chi connectivity index (χ2v) is 6.47. The zero-order chi connectivity index (χ0) is 17.7. The van der Waals surface area contributed by atoms with Crippen molar-refractivity contribution < 1.29 is 14.3 Å². The van der Waals surface area contributed by atoms with E-state index in [4.69, 9.17) is 4.74 Å². The van der Waals surface area contributed by atoms with Crippen LogP contribution in [0.2, 0.25) is 0 Å². The Morgan fingerprint density at radius 1 is 1.46 bits per heavy atom. The van der Waals surface area contributed by atoms with Crippen LogP contribution in [-0.4, -0.2) is 58.8 Å². The van der Waals surface area contributed by atoms with Gasteiger partial charge in [0.05, 0.1) is 18.3 Å². The Labute approximate surface area is 143 Å². The Morgan fingerprint density at radius 2 is 2.21 bits per heavy atom. The molecule has 1 N–H and O–H groups in total. The predicted octanol–water partition coefficient (Wildman–Crippen LogP) is 1.03. The van der Waals surface area contributed by atoms with Crippen LogP contribution in [0.15, 0.2) is 6.07 Å². The van der Waals surface area contributed by atoms with Crippen LogP contribution in [0.3, 0.4) is 0 Å². The molecule has 7 heteroatoms. The summed E-state index contributed by atoms with van der Waals surface area (Å²) in [6, 6.07) is 1.64. The second kappa shape index (κ2) is 8.28. The second-order valence-electron chi connectivity index (χ2n) is 6.47. The molecule has 0 aliphatic carbocycles. The van der Waals surface area contributed by atoms with Crippen molar-refractivity contribution in [2.45, 2.75) is 58.7 Å². The van der Waals surface area contributed by atoms with Gasteiger partial charge in [-0.15, -0.1) is 0 Å². The molecule has 0 bridgehead atoms. The third-order valence-electron chi connectivity index (χ3n) is 4.43. The summed E-state index contributed by atoms with van der Waals surface area (Å²) in [5, 5.41) is 7.26. The average Bonchev–Trinajstić information content (AvgIpc) is 3.09. The number of hydrogen-bond acceptors (Lipinski definition) is 4. The van der Waals surface area contributed by atoms with Gasteiger partial charge < -0.3 is 15.0 Å². The Hall–Kier alpha value is -1.89. The standard InChI is InChI=1S/C17H28N4O3/c1-12-10-13(2)21(19-12)11-15-6-5-8-20(15)17(23)16(7-9-24-4)18-14(3)22/h10,15-16H,5-9,11H2,1-4H3,(H,18,22)/t15-,16+/m1/s1. The molecule has 0 spiro atoms. The molecule has 134 valence electrons. The molecule has 2 rings (SSSR count). The summed E-state index contributed by atoms with van der Waals surface area (Å²) in [6.45, 7) is 7.30. The van der Waals surface area contributed by atoms with E-state index in [1.54, 1.807) is 7.11 Å². The summed E-state index contributed by atoms with van der Waals surface area (Å²) in [5.74, 6) is -0.218. The van der Waals surface area contributed by atoms with E-state index in [9.17, 15) is 9.59 Å². The Bertz CT molecular complexity index is 584. The van der Waals surface area contributed by atoms with Gasteiger partial charge in [-0.05, 0) is 39.2 Å². The monoisotopic (exact) mass is 336 g/mol. The maximum atomic E-state index is 12.9. The van der Waals surface area contributed by atoms with E-state index in [1.807, 2.05) is 29.5 Å². The summed E-state index contributed by atoms with van der Waals surface area (Å²) < 4.78 is 7.04. The van der Waals surface area contributed by atoms with Gasteiger partial charge in [0.2, 0.25) is 11.8 Å². The average molecular weight is 336 g/mol. The molecule has 1 aliphatic heterocycles. The fraction of sp³-hybridized carbons (Fsp3) is 0.706. The summed E-state index contributed by atoms with van der Waals surface area (Å²) in [7, 11) is 1.59. The van der Waals surface area contributed by atoms with Crippen LogP contribution in [-0.2, 0) is 20.9 Å². The fourth-order valence-corrected chi connectivity index (χ4v) is 3.31. The van der Waals surface area contributed by atoms with Crippen molar-refractivity contribution in [3.05, 3.63) is 17.5 Å². The number of amides is 2. The van der Waals surface area contributed by atoms with E-state index >= 15 is 0 Å². The number of aryl methyl sites for hydroxylation is 2. The van der Waals surface area contributed by atoms with E-state index in [0.717, 1.165) is 30.8 Å². The van der Waals surface area contributed by atoms with Crippen molar-refractivity contribution in [3.8, 4) is 0 Å². The van der Waals surface area contributed by atoms with Gasteiger partial charge in [0, 0.05) is 32.9 Å². The third-order valence-corrected chi connectivity index (χ3v) is 4.43. The van der Waals surface area contributed by atoms with Crippen LogP contribution in [0.4, 0.5) is 0 Å². The van der Waals surface area contributed by atoms with Gasteiger partial charge in [-0.2, -0.15) is 5.10 Å². The third kappa shape index (κ3) is 4.56. The first-order valence-electron chi connectivity index (χ1n) is 8.50. The summed E-state index contributed by atoms with van der Waals surface area (Å²) >= 11 is 0. The van der Waals surface area contributed by atoms with Crippen LogP contribution in [0.25, 0.3) is 0 Å². The highest BCUT2D eigenvalue weighted by molar-refractivity contribution is 5.87. The molecular weight excluding hydrogens is 308 g/mol. The number of nitrogens with zero attached hydrogens (tertiary/aromatic N) is 3. The molecule has 2 atom stereocenters. The minimum absolute atomic E-state index is 0.0220. The number of rotatable bonds is 7. The molecule has 24 heavy (non-hydrogen) atoms. The number of nitrogens with one attached hydrogen (secondary N) is 1. The maximum absolute atomic E-state index is 12.9. The van der Waals surface area contributed by atoms with E-state index in [-0.39, 0.29) is 17.9 Å². The Morgan fingerprint density at radius 3 is 2.79 bits per heavy atom. The van der Waals surface area contributed by atoms with E-state index in [1.165, 1.54) is 6.92 Å². The van der Waals surface area contributed by atoms with Gasteiger partial charge in [0.25, 0.3) is 0 Å². The molecule has 0 aromatic carbocycles. The van der Waals surface area contributed by atoms with Gasteiger partial charge in [0.15, 0.2) is 0 Å². The number of aromatic nitrogens is 2. The lowest BCUT2D eigenvalue weighted by atomic mass is 10.1. The topological polar surface area (TPSA) is 76.5 Å². The molecule has 7 nitrogen and oxygen atoms in total. The molecule has 1 aromatic rings. The van der Waals surface area contributed by atoms with Gasteiger partial charge >= 0.3 is 0 Å². The molecule has 1 aliphatic rings. The number of ether oxygens (including phenoxy) is 1. The smallest absolute Gasteiger partial charge is 0.245 e. The van der Waals surface area contributed by atoms with Crippen LogP contribution in [0.5, 0.6) is 0 Å².